The summed E-state index contributed by atoms with van der Waals surface area (Å²) in [6, 6.07) is 0. The average molecular weight is 354 g/mol. The van der Waals surface area contributed by atoms with Gasteiger partial charge in [0.25, 0.3) is 0 Å². The highest BCUT2D eigenvalue weighted by molar-refractivity contribution is 7.49. The van der Waals surface area contributed by atoms with Gasteiger partial charge in [0.15, 0.2) is 0 Å². The van der Waals surface area contributed by atoms with Gasteiger partial charge in [-0.3, -0.25) is 9.05 Å². The lowest BCUT2D eigenvalue weighted by atomic mass is 10.5. The van der Waals surface area contributed by atoms with Gasteiger partial charge in [-0.1, -0.05) is 0 Å². The highest BCUT2D eigenvalue weighted by Crippen LogP contribution is 2.51. The molecule has 16 heavy (non-hydrogen) atoms. The minimum Gasteiger partial charge on any atom is -0.284 e. The van der Waals surface area contributed by atoms with Crippen molar-refractivity contribution < 1.29 is 17.7 Å². The number of halogens is 5. The van der Waals surface area contributed by atoms with Crippen LogP contribution in [0.5, 0.6) is 0 Å². The number of hydrogen-bond acceptors (Lipinski definition) is 4. The summed E-state index contributed by atoms with van der Waals surface area (Å²) in [6.45, 7) is -0.244. The van der Waals surface area contributed by atoms with E-state index in [0.717, 1.165) is 0 Å². The minimum absolute atomic E-state index is 0.122. The minimum atomic E-state index is -3.86. The van der Waals surface area contributed by atoms with Gasteiger partial charge in [-0.25, -0.2) is 4.57 Å². The summed E-state index contributed by atoms with van der Waals surface area (Å²) < 4.78 is 25.3. The third-order valence-corrected chi connectivity index (χ3v) is 4.47. The van der Waals surface area contributed by atoms with Crippen molar-refractivity contribution in [2.24, 2.45) is 0 Å². The number of hydrogen-bond donors (Lipinski definition) is 0. The topological polar surface area (TPSA) is 44.8 Å². The molecule has 0 amide bonds. The van der Waals surface area contributed by atoms with Crippen molar-refractivity contribution in [1.29, 1.82) is 0 Å². The number of phosphoric acid groups is 1. The van der Waals surface area contributed by atoms with E-state index >= 15 is 0 Å². The van der Waals surface area contributed by atoms with Crippen LogP contribution in [0.1, 0.15) is 0 Å². The standard InChI is InChI=1S/C6H10Cl5O4P/c7-1-5(9)3-13-16(12,15-11)14-4-6(10)2-8/h5-6H,1-4H2. The molecule has 0 rings (SSSR count). The van der Waals surface area contributed by atoms with Gasteiger partial charge in [-0.05, 0) is 0 Å². The molecule has 0 heterocycles. The smallest absolute Gasteiger partial charge is 0.284 e. The molecule has 0 bridgehead atoms. The van der Waals surface area contributed by atoms with Gasteiger partial charge in [0, 0.05) is 11.8 Å². The summed E-state index contributed by atoms with van der Waals surface area (Å²) in [5.41, 5.74) is 0. The summed E-state index contributed by atoms with van der Waals surface area (Å²) in [6.07, 6.45) is 0. The Balaban J connectivity index is 4.05. The Bertz CT molecular complexity index is 213. The van der Waals surface area contributed by atoms with Gasteiger partial charge in [0.05, 0.1) is 35.8 Å². The molecule has 0 aliphatic heterocycles. The van der Waals surface area contributed by atoms with E-state index in [2.05, 4.69) is 4.08 Å². The second-order valence-electron chi connectivity index (χ2n) is 2.61. The van der Waals surface area contributed by atoms with Crippen LogP contribution >= 0.6 is 66.1 Å². The van der Waals surface area contributed by atoms with E-state index in [0.29, 0.717) is 0 Å². The molecule has 0 aliphatic carbocycles. The van der Waals surface area contributed by atoms with Gasteiger partial charge in [0.1, 0.15) is 0 Å². The molecular weight excluding hydrogens is 344 g/mol. The van der Waals surface area contributed by atoms with Crippen molar-refractivity contribution in [2.75, 3.05) is 25.0 Å². The first-order chi connectivity index (χ1) is 7.47. The third-order valence-electron chi connectivity index (χ3n) is 1.25. The highest BCUT2D eigenvalue weighted by atomic mass is 35.5. The van der Waals surface area contributed by atoms with Crippen LogP contribution in [0.2, 0.25) is 0 Å². The van der Waals surface area contributed by atoms with Crippen LogP contribution < -0.4 is 0 Å². The quantitative estimate of drug-likeness (QED) is 0.464. The van der Waals surface area contributed by atoms with Gasteiger partial charge in [-0.2, -0.15) is 4.08 Å². The lowest BCUT2D eigenvalue weighted by Crippen LogP contribution is -2.14. The number of phosphoric ester groups is 1. The zero-order valence-corrected chi connectivity index (χ0v) is 12.6. The van der Waals surface area contributed by atoms with E-state index < -0.39 is 18.6 Å². The Morgan fingerprint density at radius 2 is 1.38 bits per heavy atom. The molecule has 98 valence electrons. The molecule has 0 spiro atoms. The maximum Gasteiger partial charge on any atom is 0.491 e. The number of rotatable bonds is 9. The van der Waals surface area contributed by atoms with E-state index in [1.54, 1.807) is 0 Å². The van der Waals surface area contributed by atoms with Crippen molar-refractivity contribution in [3.05, 3.63) is 0 Å². The molecule has 0 saturated heterocycles. The van der Waals surface area contributed by atoms with E-state index in [1.807, 2.05) is 0 Å². The second-order valence-corrected chi connectivity index (χ2v) is 6.43. The maximum absolute atomic E-state index is 11.6. The van der Waals surface area contributed by atoms with Crippen LogP contribution in [0, 0.1) is 0 Å². The molecule has 0 saturated carbocycles. The van der Waals surface area contributed by atoms with Crippen molar-refractivity contribution in [3.8, 4) is 0 Å². The first-order valence-electron chi connectivity index (χ1n) is 4.07. The van der Waals surface area contributed by atoms with Crippen LogP contribution in [0.4, 0.5) is 0 Å². The summed E-state index contributed by atoms with van der Waals surface area (Å²) >= 11 is 27.1. The van der Waals surface area contributed by atoms with Crippen molar-refractivity contribution in [3.63, 3.8) is 0 Å². The predicted octanol–water partition coefficient (Wildman–Crippen LogP) is 3.99. The van der Waals surface area contributed by atoms with E-state index in [-0.39, 0.29) is 25.0 Å². The molecule has 0 N–H and O–H groups in total. The Kier molecular flexibility index (Phi) is 10.4. The Hall–Kier alpha value is 1.56. The summed E-state index contributed by atoms with van der Waals surface area (Å²) in [4.78, 5) is 0. The monoisotopic (exact) mass is 352 g/mol. The zero-order valence-electron chi connectivity index (χ0n) is 7.95. The molecule has 0 radical (unpaired) electrons. The van der Waals surface area contributed by atoms with Crippen molar-refractivity contribution in [1.82, 2.24) is 0 Å². The zero-order chi connectivity index (χ0) is 12.6. The Morgan fingerprint density at radius 1 is 1.00 bits per heavy atom. The summed E-state index contributed by atoms with van der Waals surface area (Å²) in [5, 5.41) is -1.05. The first kappa shape index (κ1) is 17.6. The molecule has 10 heteroatoms. The summed E-state index contributed by atoms with van der Waals surface area (Å²) in [7, 11) is -3.86. The fourth-order valence-electron chi connectivity index (χ4n) is 0.511. The second kappa shape index (κ2) is 9.48. The van der Waals surface area contributed by atoms with Gasteiger partial charge in [-0.15, -0.1) is 46.4 Å². The Labute approximate surface area is 119 Å². The fraction of sp³-hybridized carbons (Fsp3) is 1.00. The predicted molar refractivity (Wildman–Crippen MR) is 67.2 cm³/mol. The van der Waals surface area contributed by atoms with E-state index in [9.17, 15) is 4.57 Å². The molecule has 2 atom stereocenters. The number of alkyl halides is 4. The molecule has 0 aliphatic rings. The van der Waals surface area contributed by atoms with Crippen LogP contribution in [0.3, 0.4) is 0 Å². The SMILES string of the molecule is O=P(OCl)(OCC(Cl)CCl)OCC(Cl)CCl. The highest BCUT2D eigenvalue weighted by Gasteiger charge is 2.28. The normalized spacial score (nSPS) is 19.1. The molecule has 0 aromatic heterocycles. The maximum atomic E-state index is 11.6. The summed E-state index contributed by atoms with van der Waals surface area (Å²) in [5.74, 6) is 0.257. The molecule has 4 nitrogen and oxygen atoms in total. The fourth-order valence-corrected chi connectivity index (χ4v) is 2.11. The van der Waals surface area contributed by atoms with Crippen LogP contribution in [0.15, 0.2) is 0 Å². The lowest BCUT2D eigenvalue weighted by Gasteiger charge is -2.16. The van der Waals surface area contributed by atoms with Gasteiger partial charge in [0.2, 0.25) is 0 Å². The van der Waals surface area contributed by atoms with Gasteiger partial charge < -0.3 is 0 Å². The van der Waals surface area contributed by atoms with Gasteiger partial charge >= 0.3 is 7.82 Å². The molecule has 0 aromatic carbocycles. The Morgan fingerprint density at radius 3 is 1.62 bits per heavy atom. The molecular formula is C6H10Cl5O4P. The van der Waals surface area contributed by atoms with Crippen LogP contribution in [-0.4, -0.2) is 35.7 Å². The van der Waals surface area contributed by atoms with E-state index in [4.69, 9.17) is 67.3 Å². The first-order valence-corrected chi connectivity index (χ1v) is 7.78. The lowest BCUT2D eigenvalue weighted by molar-refractivity contribution is 0.161. The molecule has 0 aromatic rings. The van der Waals surface area contributed by atoms with Crippen LogP contribution in [-0.2, 0) is 17.7 Å². The average Bonchev–Trinajstić information content (AvgIpc) is 2.32. The third kappa shape index (κ3) is 7.80. The largest absolute Gasteiger partial charge is 0.491 e. The van der Waals surface area contributed by atoms with E-state index in [1.165, 1.54) is 0 Å². The van der Waals surface area contributed by atoms with Crippen LogP contribution in [0.25, 0.3) is 0 Å². The molecule has 2 unspecified atom stereocenters. The van der Waals surface area contributed by atoms with Crippen molar-refractivity contribution in [2.45, 2.75) is 10.8 Å². The molecule has 0 fully saturated rings. The van der Waals surface area contributed by atoms with Crippen molar-refractivity contribution >= 4 is 66.1 Å².